The topological polar surface area (TPSA) is 29.5 Å². The predicted molar refractivity (Wildman–Crippen MR) is 66.4 cm³/mol. The van der Waals surface area contributed by atoms with Crippen LogP contribution in [-0.4, -0.2) is 12.2 Å². The van der Waals surface area contributed by atoms with E-state index in [9.17, 15) is 18.3 Å². The van der Waals surface area contributed by atoms with Gasteiger partial charge in [0.05, 0.1) is 17.6 Å². The average molecular weight is 288 g/mol. The van der Waals surface area contributed by atoms with Gasteiger partial charge < -0.3 is 9.84 Å². The van der Waals surface area contributed by atoms with Crippen LogP contribution < -0.4 is 4.74 Å². The molecule has 0 aliphatic rings. The lowest BCUT2D eigenvalue weighted by Crippen LogP contribution is -2.12. The molecule has 1 unspecified atom stereocenters. The molecule has 0 spiro atoms. The maximum Gasteiger partial charge on any atom is 0.416 e. The summed E-state index contributed by atoms with van der Waals surface area (Å²) in [5, 5.41) is 11.8. The monoisotopic (exact) mass is 288 g/mol. The summed E-state index contributed by atoms with van der Waals surface area (Å²) in [6, 6.07) is 6.60. The summed E-state index contributed by atoms with van der Waals surface area (Å²) in [5.41, 5.74) is -1.01. The first kappa shape index (κ1) is 13.9. The molecule has 1 N–H and O–H groups in total. The van der Waals surface area contributed by atoms with Gasteiger partial charge in [-0.3, -0.25) is 0 Å². The summed E-state index contributed by atoms with van der Waals surface area (Å²) >= 11 is 1.15. The third-order valence-corrected chi connectivity index (χ3v) is 3.64. The molecular weight excluding hydrogens is 277 g/mol. The zero-order valence-electron chi connectivity index (χ0n) is 9.94. The molecule has 0 radical (unpaired) electrons. The molecule has 0 saturated carbocycles. The van der Waals surface area contributed by atoms with E-state index in [0.717, 1.165) is 17.4 Å². The molecule has 0 aliphatic carbocycles. The second-order valence-corrected chi connectivity index (χ2v) is 4.79. The number of hydrogen-bond donors (Lipinski definition) is 1. The molecule has 1 aromatic carbocycles. The predicted octanol–water partition coefficient (Wildman–Crippen LogP) is 3.86. The number of ether oxygens (including phenoxy) is 1. The number of aliphatic hydroxyl groups excluding tert-OH is 1. The van der Waals surface area contributed by atoms with Crippen molar-refractivity contribution >= 4 is 11.3 Å². The Bertz CT molecular complexity index is 563. The van der Waals surface area contributed by atoms with Gasteiger partial charge in [-0.15, -0.1) is 11.3 Å². The third-order valence-electron chi connectivity index (χ3n) is 2.69. The number of methoxy groups -OCH3 is 1. The van der Waals surface area contributed by atoms with Crippen molar-refractivity contribution in [3.8, 4) is 5.75 Å². The number of benzene rings is 1. The van der Waals surface area contributed by atoms with Gasteiger partial charge in [-0.2, -0.15) is 13.2 Å². The van der Waals surface area contributed by atoms with Crippen LogP contribution in [0.3, 0.4) is 0 Å². The normalized spacial score (nSPS) is 13.3. The maximum absolute atomic E-state index is 12.9. The lowest BCUT2D eigenvalue weighted by Gasteiger charge is -2.17. The van der Waals surface area contributed by atoms with Gasteiger partial charge in [0.2, 0.25) is 0 Å². The van der Waals surface area contributed by atoms with Crippen molar-refractivity contribution in [1.29, 1.82) is 0 Å². The van der Waals surface area contributed by atoms with Gasteiger partial charge >= 0.3 is 6.18 Å². The van der Waals surface area contributed by atoms with E-state index in [-0.39, 0.29) is 5.56 Å². The van der Waals surface area contributed by atoms with Crippen LogP contribution in [0.1, 0.15) is 22.1 Å². The number of rotatable bonds is 3. The maximum atomic E-state index is 12.9. The van der Waals surface area contributed by atoms with E-state index >= 15 is 0 Å². The van der Waals surface area contributed by atoms with Crippen LogP contribution in [0, 0.1) is 0 Å². The largest absolute Gasteiger partial charge is 0.495 e. The first-order valence-corrected chi connectivity index (χ1v) is 6.28. The smallest absolute Gasteiger partial charge is 0.416 e. The highest BCUT2D eigenvalue weighted by Crippen LogP contribution is 2.40. The summed E-state index contributed by atoms with van der Waals surface area (Å²) in [5.74, 6) is 0.384. The van der Waals surface area contributed by atoms with E-state index in [1.165, 1.54) is 25.3 Å². The molecule has 0 saturated heterocycles. The van der Waals surface area contributed by atoms with Gasteiger partial charge in [0.15, 0.2) is 0 Å². The van der Waals surface area contributed by atoms with Crippen LogP contribution in [0.5, 0.6) is 5.75 Å². The first-order valence-electron chi connectivity index (χ1n) is 5.40. The Morgan fingerprint density at radius 3 is 2.53 bits per heavy atom. The van der Waals surface area contributed by atoms with Gasteiger partial charge in [-0.05, 0) is 23.1 Å². The summed E-state index contributed by atoms with van der Waals surface area (Å²) in [6.07, 6.45) is -5.85. The van der Waals surface area contributed by atoms with Crippen molar-refractivity contribution in [3.63, 3.8) is 0 Å². The standard InChI is InChI=1S/C13H11F3O2S/c1-18-10-6-7-19-12(10)11(17)8-4-2-3-5-9(8)13(14,15)16/h2-7,11,17H,1H3. The van der Waals surface area contributed by atoms with E-state index in [2.05, 4.69) is 0 Å². The van der Waals surface area contributed by atoms with Crippen LogP contribution in [0.4, 0.5) is 13.2 Å². The molecule has 6 heteroatoms. The van der Waals surface area contributed by atoms with Crippen LogP contribution >= 0.6 is 11.3 Å². The molecule has 0 amide bonds. The number of aliphatic hydroxyl groups is 1. The second-order valence-electron chi connectivity index (χ2n) is 3.84. The van der Waals surface area contributed by atoms with Gasteiger partial charge in [0.1, 0.15) is 11.9 Å². The Hall–Kier alpha value is -1.53. The first-order chi connectivity index (χ1) is 8.95. The molecule has 0 aliphatic heterocycles. The zero-order chi connectivity index (χ0) is 14.0. The van der Waals surface area contributed by atoms with Gasteiger partial charge in [-0.1, -0.05) is 18.2 Å². The SMILES string of the molecule is COc1ccsc1C(O)c1ccccc1C(F)(F)F. The second kappa shape index (κ2) is 5.22. The quantitative estimate of drug-likeness (QED) is 0.929. The van der Waals surface area contributed by atoms with Crippen LogP contribution in [0.25, 0.3) is 0 Å². The van der Waals surface area contributed by atoms with Crippen molar-refractivity contribution in [2.75, 3.05) is 7.11 Å². The summed E-state index contributed by atoms with van der Waals surface area (Å²) < 4.78 is 43.7. The van der Waals surface area contributed by atoms with E-state index in [1.54, 1.807) is 11.4 Å². The van der Waals surface area contributed by atoms with Crippen LogP contribution in [-0.2, 0) is 6.18 Å². The molecular formula is C13H11F3O2S. The number of thiophene rings is 1. The van der Waals surface area contributed by atoms with Gasteiger partial charge in [0.25, 0.3) is 0 Å². The Labute approximate surface area is 112 Å². The van der Waals surface area contributed by atoms with Crippen molar-refractivity contribution in [1.82, 2.24) is 0 Å². The minimum atomic E-state index is -4.50. The molecule has 1 atom stereocenters. The molecule has 2 nitrogen and oxygen atoms in total. The van der Waals surface area contributed by atoms with E-state index in [0.29, 0.717) is 10.6 Å². The van der Waals surface area contributed by atoms with Crippen molar-refractivity contribution < 1.29 is 23.0 Å². The lowest BCUT2D eigenvalue weighted by atomic mass is 10.0. The highest BCUT2D eigenvalue weighted by molar-refractivity contribution is 7.10. The van der Waals surface area contributed by atoms with E-state index < -0.39 is 17.8 Å². The summed E-state index contributed by atoms with van der Waals surface area (Å²) in [6.45, 7) is 0. The van der Waals surface area contributed by atoms with Crippen molar-refractivity contribution in [3.05, 3.63) is 51.7 Å². The fourth-order valence-corrected chi connectivity index (χ4v) is 2.67. The Balaban J connectivity index is 2.48. The minimum Gasteiger partial charge on any atom is -0.495 e. The van der Waals surface area contributed by atoms with Gasteiger partial charge in [0, 0.05) is 0 Å². The highest BCUT2D eigenvalue weighted by atomic mass is 32.1. The average Bonchev–Trinajstić information content (AvgIpc) is 2.85. The summed E-state index contributed by atoms with van der Waals surface area (Å²) in [4.78, 5) is 0.360. The molecule has 1 heterocycles. The molecule has 1 aromatic heterocycles. The molecule has 19 heavy (non-hydrogen) atoms. The molecule has 2 aromatic rings. The fraction of sp³-hybridized carbons (Fsp3) is 0.231. The van der Waals surface area contributed by atoms with Crippen LogP contribution in [0.2, 0.25) is 0 Å². The van der Waals surface area contributed by atoms with Crippen LogP contribution in [0.15, 0.2) is 35.7 Å². The fourth-order valence-electron chi connectivity index (χ4n) is 1.81. The number of halogens is 3. The van der Waals surface area contributed by atoms with Gasteiger partial charge in [-0.25, -0.2) is 0 Å². The Morgan fingerprint density at radius 1 is 1.21 bits per heavy atom. The zero-order valence-corrected chi connectivity index (χ0v) is 10.8. The number of hydrogen-bond acceptors (Lipinski definition) is 3. The Kier molecular flexibility index (Phi) is 3.82. The van der Waals surface area contributed by atoms with E-state index in [4.69, 9.17) is 4.74 Å². The molecule has 102 valence electrons. The third kappa shape index (κ3) is 2.74. The molecule has 0 fully saturated rings. The van der Waals surface area contributed by atoms with Crippen molar-refractivity contribution in [2.24, 2.45) is 0 Å². The Morgan fingerprint density at radius 2 is 1.89 bits per heavy atom. The highest BCUT2D eigenvalue weighted by Gasteiger charge is 2.35. The minimum absolute atomic E-state index is 0.171. The van der Waals surface area contributed by atoms with E-state index in [1.807, 2.05) is 0 Å². The molecule has 0 bridgehead atoms. The summed E-state index contributed by atoms with van der Waals surface area (Å²) in [7, 11) is 1.41. The van der Waals surface area contributed by atoms with Crippen molar-refractivity contribution in [2.45, 2.75) is 12.3 Å². The number of alkyl halides is 3. The molecule has 2 rings (SSSR count). The lowest BCUT2D eigenvalue weighted by molar-refractivity contribution is -0.139.